The number of allylic oxidation sites excluding steroid dienone is 1. The van der Waals surface area contributed by atoms with E-state index in [1.54, 1.807) is 60.8 Å². The number of hydrogen-bond donors (Lipinski definition) is 4. The van der Waals surface area contributed by atoms with E-state index in [-0.39, 0.29) is 11.5 Å². The van der Waals surface area contributed by atoms with Gasteiger partial charge in [0.1, 0.15) is 22.8 Å². The number of fused-ring (bicyclic) bond motifs is 1. The van der Waals surface area contributed by atoms with Crippen LogP contribution in [0.5, 0.6) is 11.5 Å². The molecule has 8 heteroatoms. The summed E-state index contributed by atoms with van der Waals surface area (Å²) in [6.07, 6.45) is 3.56. The number of hydrogen-bond acceptors (Lipinski definition) is 6. The average molecular weight is 430 g/mol. The van der Waals surface area contributed by atoms with Crippen LogP contribution in [0.3, 0.4) is 0 Å². The molecule has 0 fully saturated rings. The van der Waals surface area contributed by atoms with E-state index < -0.39 is 0 Å². The number of nitrogens with zero attached hydrogens (tertiary/aromatic N) is 3. The van der Waals surface area contributed by atoms with Gasteiger partial charge in [-0.2, -0.15) is 0 Å². The standard InChI is InChI=1S/C23H19N5O2S/c1-2-13-24-23(31)27-19-12-11-18-22(26-19)28-21(15-5-9-17(30)10-6-15)20(25-18)14-3-7-16(29)8-4-14/h2-13,29-30H,1H3,(H2,24,26,27,28,31)/b13-2+. The molecule has 0 spiro atoms. The summed E-state index contributed by atoms with van der Waals surface area (Å²) in [7, 11) is 0. The smallest absolute Gasteiger partial charge is 0.180 e. The number of rotatable bonds is 4. The van der Waals surface area contributed by atoms with E-state index in [1.807, 2.05) is 19.1 Å². The minimum atomic E-state index is 0.162. The second-order valence-electron chi connectivity index (χ2n) is 6.65. The van der Waals surface area contributed by atoms with E-state index in [1.165, 1.54) is 0 Å². The van der Waals surface area contributed by atoms with Gasteiger partial charge in [0, 0.05) is 11.1 Å². The molecule has 0 aliphatic heterocycles. The third-order valence-corrected chi connectivity index (χ3v) is 4.65. The van der Waals surface area contributed by atoms with Crippen LogP contribution in [0.15, 0.2) is 72.9 Å². The molecule has 2 aromatic heterocycles. The normalized spacial score (nSPS) is 11.0. The molecule has 7 nitrogen and oxygen atoms in total. The first-order valence-corrected chi connectivity index (χ1v) is 9.90. The summed E-state index contributed by atoms with van der Waals surface area (Å²) >= 11 is 5.24. The third kappa shape index (κ3) is 4.59. The maximum atomic E-state index is 9.67. The Balaban J connectivity index is 1.83. The van der Waals surface area contributed by atoms with Gasteiger partial charge in [-0.25, -0.2) is 15.0 Å². The molecule has 0 bridgehead atoms. The molecular formula is C23H19N5O2S. The van der Waals surface area contributed by atoms with Crippen molar-refractivity contribution in [2.75, 3.05) is 5.32 Å². The summed E-state index contributed by atoms with van der Waals surface area (Å²) in [6.45, 7) is 1.88. The Morgan fingerprint density at radius 3 is 1.97 bits per heavy atom. The van der Waals surface area contributed by atoms with Gasteiger partial charge < -0.3 is 20.8 Å². The fourth-order valence-electron chi connectivity index (χ4n) is 2.97. The zero-order valence-electron chi connectivity index (χ0n) is 16.6. The molecule has 0 saturated heterocycles. The van der Waals surface area contributed by atoms with Gasteiger partial charge in [-0.3, -0.25) is 0 Å². The molecule has 31 heavy (non-hydrogen) atoms. The number of nitrogens with one attached hydrogen (secondary N) is 2. The largest absolute Gasteiger partial charge is 0.508 e. The molecule has 0 saturated carbocycles. The van der Waals surface area contributed by atoms with Gasteiger partial charge in [0.2, 0.25) is 0 Å². The van der Waals surface area contributed by atoms with E-state index in [0.29, 0.717) is 33.5 Å². The third-order valence-electron chi connectivity index (χ3n) is 4.43. The number of phenolic OH excluding ortho intramolecular Hbond substituents is 2. The summed E-state index contributed by atoms with van der Waals surface area (Å²) in [4.78, 5) is 14.1. The number of benzene rings is 2. The number of thiocarbonyl (C=S) groups is 1. The van der Waals surface area contributed by atoms with Crippen LogP contribution in [-0.4, -0.2) is 30.3 Å². The van der Waals surface area contributed by atoms with Crippen molar-refractivity contribution in [2.24, 2.45) is 0 Å². The SMILES string of the molecule is C/C=C/NC(=S)Nc1ccc2nc(-c3ccc(O)cc3)c(-c3ccc(O)cc3)nc2n1. The van der Waals surface area contributed by atoms with Crippen molar-refractivity contribution in [3.8, 4) is 34.0 Å². The first-order valence-electron chi connectivity index (χ1n) is 9.50. The monoisotopic (exact) mass is 429 g/mol. The van der Waals surface area contributed by atoms with E-state index in [9.17, 15) is 10.2 Å². The summed E-state index contributed by atoms with van der Waals surface area (Å²) in [6, 6.07) is 17.1. The highest BCUT2D eigenvalue weighted by molar-refractivity contribution is 7.80. The molecule has 0 aliphatic carbocycles. The van der Waals surface area contributed by atoms with Crippen molar-refractivity contribution < 1.29 is 10.2 Å². The van der Waals surface area contributed by atoms with Crippen LogP contribution in [0.4, 0.5) is 5.82 Å². The zero-order valence-corrected chi connectivity index (χ0v) is 17.4. The van der Waals surface area contributed by atoms with Crippen molar-refractivity contribution in [1.82, 2.24) is 20.3 Å². The number of phenols is 2. The summed E-state index contributed by atoms with van der Waals surface area (Å²) in [5.41, 5.74) is 3.89. The van der Waals surface area contributed by atoms with Crippen LogP contribution in [0.1, 0.15) is 6.92 Å². The van der Waals surface area contributed by atoms with E-state index in [0.717, 1.165) is 11.1 Å². The minimum Gasteiger partial charge on any atom is -0.508 e. The van der Waals surface area contributed by atoms with Crippen molar-refractivity contribution in [3.05, 3.63) is 72.9 Å². The van der Waals surface area contributed by atoms with E-state index in [2.05, 4.69) is 15.6 Å². The number of aromatic nitrogens is 3. The maximum absolute atomic E-state index is 9.67. The van der Waals surface area contributed by atoms with Crippen LogP contribution < -0.4 is 10.6 Å². The fourth-order valence-corrected chi connectivity index (χ4v) is 3.14. The number of aromatic hydroxyl groups is 2. The predicted octanol–water partition coefficient (Wildman–Crippen LogP) is 4.59. The molecule has 4 rings (SSSR count). The first kappa shape index (κ1) is 20.2. The Morgan fingerprint density at radius 1 is 0.806 bits per heavy atom. The van der Waals surface area contributed by atoms with Gasteiger partial charge in [-0.15, -0.1) is 0 Å². The lowest BCUT2D eigenvalue weighted by Gasteiger charge is -2.12. The molecule has 4 aromatic rings. The maximum Gasteiger partial charge on any atom is 0.180 e. The van der Waals surface area contributed by atoms with Crippen molar-refractivity contribution in [3.63, 3.8) is 0 Å². The fraction of sp³-hybridized carbons (Fsp3) is 0.0435. The Morgan fingerprint density at radius 2 is 1.39 bits per heavy atom. The van der Waals surface area contributed by atoms with E-state index in [4.69, 9.17) is 22.2 Å². The highest BCUT2D eigenvalue weighted by Crippen LogP contribution is 2.32. The van der Waals surface area contributed by atoms with Gasteiger partial charge >= 0.3 is 0 Å². The van der Waals surface area contributed by atoms with Gasteiger partial charge in [-0.1, -0.05) is 6.08 Å². The lowest BCUT2D eigenvalue weighted by atomic mass is 10.0. The average Bonchev–Trinajstić information content (AvgIpc) is 2.78. The van der Waals surface area contributed by atoms with Crippen molar-refractivity contribution in [1.29, 1.82) is 0 Å². The van der Waals surface area contributed by atoms with Crippen LogP contribution in [-0.2, 0) is 0 Å². The highest BCUT2D eigenvalue weighted by atomic mass is 32.1. The van der Waals surface area contributed by atoms with Gasteiger partial charge in [0.25, 0.3) is 0 Å². The first-order chi connectivity index (χ1) is 15.0. The second kappa shape index (κ2) is 8.76. The zero-order chi connectivity index (χ0) is 21.8. The summed E-state index contributed by atoms with van der Waals surface area (Å²) in [5, 5.41) is 25.7. The molecular weight excluding hydrogens is 410 g/mol. The van der Waals surface area contributed by atoms with Gasteiger partial charge in [-0.05, 0) is 86.0 Å². The molecule has 0 unspecified atom stereocenters. The van der Waals surface area contributed by atoms with Crippen molar-refractivity contribution in [2.45, 2.75) is 6.92 Å². The summed E-state index contributed by atoms with van der Waals surface area (Å²) in [5.74, 6) is 0.872. The van der Waals surface area contributed by atoms with Crippen LogP contribution in [0.25, 0.3) is 33.7 Å². The van der Waals surface area contributed by atoms with Crippen LogP contribution >= 0.6 is 12.2 Å². The molecule has 4 N–H and O–H groups in total. The van der Waals surface area contributed by atoms with Crippen molar-refractivity contribution >= 4 is 34.3 Å². The molecule has 2 aromatic carbocycles. The topological polar surface area (TPSA) is 103 Å². The summed E-state index contributed by atoms with van der Waals surface area (Å²) < 4.78 is 0. The van der Waals surface area contributed by atoms with Gasteiger partial charge in [0.15, 0.2) is 10.8 Å². The van der Waals surface area contributed by atoms with E-state index >= 15 is 0 Å². The Kier molecular flexibility index (Phi) is 5.72. The molecule has 0 amide bonds. The Hall–Kier alpha value is -4.04. The van der Waals surface area contributed by atoms with Crippen LogP contribution in [0.2, 0.25) is 0 Å². The molecule has 0 atom stereocenters. The quantitative estimate of drug-likeness (QED) is 0.349. The number of pyridine rings is 1. The Labute approximate surface area is 184 Å². The second-order valence-corrected chi connectivity index (χ2v) is 7.06. The molecule has 154 valence electrons. The molecule has 2 heterocycles. The van der Waals surface area contributed by atoms with Gasteiger partial charge in [0.05, 0.1) is 11.4 Å². The Bertz CT molecular complexity index is 1270. The minimum absolute atomic E-state index is 0.162. The van der Waals surface area contributed by atoms with Crippen LogP contribution in [0, 0.1) is 0 Å². The molecule has 0 radical (unpaired) electrons. The lowest BCUT2D eigenvalue weighted by molar-refractivity contribution is 0.475. The number of anilines is 1. The highest BCUT2D eigenvalue weighted by Gasteiger charge is 2.15. The lowest BCUT2D eigenvalue weighted by Crippen LogP contribution is -2.23. The molecule has 0 aliphatic rings. The predicted molar refractivity (Wildman–Crippen MR) is 126 cm³/mol.